The third-order valence-electron chi connectivity index (χ3n) is 2.73. The molecule has 0 aliphatic rings. The van der Waals surface area contributed by atoms with Gasteiger partial charge in [-0.25, -0.2) is 4.98 Å². The van der Waals surface area contributed by atoms with Gasteiger partial charge in [0.25, 0.3) is 0 Å². The van der Waals surface area contributed by atoms with Crippen molar-refractivity contribution in [3.8, 4) is 0 Å². The molecule has 1 atom stereocenters. The Labute approximate surface area is 105 Å². The number of aromatic nitrogens is 3. The van der Waals surface area contributed by atoms with Crippen molar-refractivity contribution in [2.45, 2.75) is 32.3 Å². The lowest BCUT2D eigenvalue weighted by Crippen LogP contribution is -2.12. The Morgan fingerprint density at radius 3 is 2.94 bits per heavy atom. The van der Waals surface area contributed by atoms with Gasteiger partial charge in [-0.2, -0.15) is 5.10 Å². The average molecular weight is 251 g/mol. The average Bonchev–Trinajstić information content (AvgIpc) is 2.85. The third-order valence-corrected chi connectivity index (χ3v) is 3.72. The second-order valence-corrected chi connectivity index (χ2v) is 5.17. The molecule has 1 N–H and O–H groups in total. The van der Waals surface area contributed by atoms with Crippen LogP contribution in [0.15, 0.2) is 17.6 Å². The van der Waals surface area contributed by atoms with Crippen molar-refractivity contribution in [3.63, 3.8) is 0 Å². The summed E-state index contributed by atoms with van der Waals surface area (Å²) >= 11 is 1.62. The van der Waals surface area contributed by atoms with E-state index in [4.69, 9.17) is 0 Å². The summed E-state index contributed by atoms with van der Waals surface area (Å²) in [5.74, 6) is 0. The van der Waals surface area contributed by atoms with E-state index < -0.39 is 0 Å². The first kappa shape index (κ1) is 12.3. The van der Waals surface area contributed by atoms with Gasteiger partial charge >= 0.3 is 0 Å². The maximum absolute atomic E-state index is 9.94. The van der Waals surface area contributed by atoms with Crippen LogP contribution in [-0.2, 0) is 19.9 Å². The zero-order valence-corrected chi connectivity index (χ0v) is 10.9. The number of rotatable bonds is 5. The smallest absolute Gasteiger partial charge is 0.0953 e. The molecular weight excluding hydrogens is 234 g/mol. The van der Waals surface area contributed by atoms with Gasteiger partial charge in [0.1, 0.15) is 0 Å². The Hall–Kier alpha value is -1.20. The Bertz CT molecular complexity index is 478. The molecule has 0 aliphatic heterocycles. The molecule has 0 amide bonds. The van der Waals surface area contributed by atoms with Gasteiger partial charge < -0.3 is 5.11 Å². The summed E-state index contributed by atoms with van der Waals surface area (Å²) in [4.78, 5) is 4.35. The number of hydrogen-bond acceptors (Lipinski definition) is 4. The third kappa shape index (κ3) is 3.38. The number of aliphatic hydroxyl groups is 1. The van der Waals surface area contributed by atoms with Crippen LogP contribution in [0, 0.1) is 6.92 Å². The van der Waals surface area contributed by atoms with Gasteiger partial charge in [-0.05, 0) is 25.8 Å². The van der Waals surface area contributed by atoms with Crippen molar-refractivity contribution in [2.24, 2.45) is 7.05 Å². The number of aliphatic hydroxyl groups excluding tert-OH is 1. The van der Waals surface area contributed by atoms with Crippen LogP contribution in [0.1, 0.15) is 22.8 Å². The quantitative estimate of drug-likeness (QED) is 0.880. The molecule has 2 heterocycles. The minimum Gasteiger partial charge on any atom is -0.393 e. The molecule has 0 aliphatic carbocycles. The minimum atomic E-state index is -0.324. The highest BCUT2D eigenvalue weighted by molar-refractivity contribution is 7.09. The van der Waals surface area contributed by atoms with Crippen LogP contribution in [0.5, 0.6) is 0 Å². The maximum atomic E-state index is 9.94. The molecule has 0 radical (unpaired) electrons. The van der Waals surface area contributed by atoms with E-state index in [0.717, 1.165) is 29.2 Å². The molecular formula is C12H17N3OS. The molecule has 4 nitrogen and oxygen atoms in total. The molecule has 0 fully saturated rings. The van der Waals surface area contributed by atoms with E-state index in [2.05, 4.69) is 10.1 Å². The van der Waals surface area contributed by atoms with Crippen molar-refractivity contribution < 1.29 is 5.11 Å². The Kier molecular flexibility index (Phi) is 3.91. The van der Waals surface area contributed by atoms with Crippen molar-refractivity contribution >= 4 is 11.3 Å². The van der Waals surface area contributed by atoms with Gasteiger partial charge in [0.15, 0.2) is 0 Å². The van der Waals surface area contributed by atoms with Crippen molar-refractivity contribution in [2.75, 3.05) is 0 Å². The van der Waals surface area contributed by atoms with Crippen LogP contribution >= 0.6 is 11.3 Å². The summed E-state index contributed by atoms with van der Waals surface area (Å²) in [5.41, 5.74) is 2.18. The Balaban J connectivity index is 1.82. The first-order valence-electron chi connectivity index (χ1n) is 5.71. The maximum Gasteiger partial charge on any atom is 0.0953 e. The molecule has 17 heavy (non-hydrogen) atoms. The summed E-state index contributed by atoms with van der Waals surface area (Å²) in [5, 5.41) is 17.1. The molecule has 0 aromatic carbocycles. The predicted molar refractivity (Wildman–Crippen MR) is 68.1 cm³/mol. The van der Waals surface area contributed by atoms with Crippen LogP contribution in [0.25, 0.3) is 0 Å². The Morgan fingerprint density at radius 2 is 2.35 bits per heavy atom. The fourth-order valence-corrected chi connectivity index (χ4v) is 2.61. The van der Waals surface area contributed by atoms with E-state index in [1.54, 1.807) is 17.5 Å². The molecule has 2 aromatic rings. The molecule has 0 bridgehead atoms. The minimum absolute atomic E-state index is 0.324. The van der Waals surface area contributed by atoms with Crippen LogP contribution in [0.3, 0.4) is 0 Å². The highest BCUT2D eigenvalue weighted by Gasteiger charge is 2.09. The largest absolute Gasteiger partial charge is 0.393 e. The van der Waals surface area contributed by atoms with Gasteiger partial charge in [0, 0.05) is 36.4 Å². The zero-order valence-electron chi connectivity index (χ0n) is 10.1. The first-order chi connectivity index (χ1) is 8.15. The predicted octanol–water partition coefficient (Wildman–Crippen LogP) is 1.72. The molecule has 2 aromatic heterocycles. The summed E-state index contributed by atoms with van der Waals surface area (Å²) in [6.07, 6.45) is 3.71. The number of hydrogen-bond donors (Lipinski definition) is 1. The monoisotopic (exact) mass is 251 g/mol. The number of aryl methyl sites for hydroxylation is 3. The van der Waals surface area contributed by atoms with Gasteiger partial charge in [-0.3, -0.25) is 4.68 Å². The van der Waals surface area contributed by atoms with Crippen LogP contribution < -0.4 is 0 Å². The van der Waals surface area contributed by atoms with E-state index in [1.807, 2.05) is 30.1 Å². The molecule has 0 saturated carbocycles. The summed E-state index contributed by atoms with van der Waals surface area (Å²) in [7, 11) is 1.92. The van der Waals surface area contributed by atoms with E-state index in [-0.39, 0.29) is 6.10 Å². The zero-order chi connectivity index (χ0) is 12.3. The molecule has 0 saturated heterocycles. The number of nitrogens with zero attached hydrogens (tertiary/aromatic N) is 3. The summed E-state index contributed by atoms with van der Waals surface area (Å²) < 4.78 is 1.85. The summed E-state index contributed by atoms with van der Waals surface area (Å²) in [6, 6.07) is 1.99. The standard InChI is InChI=1S/C12H17N3OS/c1-9-8-17-12(14-9)7-11(16)4-3-10-5-6-13-15(10)2/h5-6,8,11,16H,3-4,7H2,1-2H3. The van der Waals surface area contributed by atoms with E-state index in [0.29, 0.717) is 6.42 Å². The van der Waals surface area contributed by atoms with Gasteiger partial charge in [-0.1, -0.05) is 0 Å². The van der Waals surface area contributed by atoms with E-state index >= 15 is 0 Å². The van der Waals surface area contributed by atoms with Crippen molar-refractivity contribution in [1.29, 1.82) is 0 Å². The second-order valence-electron chi connectivity index (χ2n) is 4.23. The lowest BCUT2D eigenvalue weighted by molar-refractivity contribution is 0.164. The number of thiazole rings is 1. The van der Waals surface area contributed by atoms with Gasteiger partial charge in [0.05, 0.1) is 11.1 Å². The second kappa shape index (κ2) is 5.42. The SMILES string of the molecule is Cc1csc(CC(O)CCc2ccnn2C)n1. The normalized spacial score (nSPS) is 12.9. The fraction of sp³-hybridized carbons (Fsp3) is 0.500. The fourth-order valence-electron chi connectivity index (χ4n) is 1.76. The molecule has 5 heteroatoms. The molecule has 1 unspecified atom stereocenters. The van der Waals surface area contributed by atoms with Crippen molar-refractivity contribution in [3.05, 3.63) is 34.0 Å². The lowest BCUT2D eigenvalue weighted by atomic mass is 10.1. The first-order valence-corrected chi connectivity index (χ1v) is 6.59. The van der Waals surface area contributed by atoms with E-state index in [1.165, 1.54) is 0 Å². The van der Waals surface area contributed by atoms with Crippen LogP contribution in [0.2, 0.25) is 0 Å². The van der Waals surface area contributed by atoms with E-state index in [9.17, 15) is 5.11 Å². The van der Waals surface area contributed by atoms with Crippen LogP contribution in [-0.4, -0.2) is 26.0 Å². The van der Waals surface area contributed by atoms with Gasteiger partial charge in [-0.15, -0.1) is 11.3 Å². The Morgan fingerprint density at radius 1 is 1.53 bits per heavy atom. The van der Waals surface area contributed by atoms with Gasteiger partial charge in [0.2, 0.25) is 0 Å². The topological polar surface area (TPSA) is 50.9 Å². The highest BCUT2D eigenvalue weighted by Crippen LogP contribution is 2.13. The lowest BCUT2D eigenvalue weighted by Gasteiger charge is -2.08. The summed E-state index contributed by atoms with van der Waals surface area (Å²) in [6.45, 7) is 1.97. The van der Waals surface area contributed by atoms with Crippen LogP contribution in [0.4, 0.5) is 0 Å². The highest BCUT2D eigenvalue weighted by atomic mass is 32.1. The molecule has 2 rings (SSSR count). The molecule has 92 valence electrons. The van der Waals surface area contributed by atoms with Crippen molar-refractivity contribution in [1.82, 2.24) is 14.8 Å². The molecule has 0 spiro atoms.